The summed E-state index contributed by atoms with van der Waals surface area (Å²) in [6.45, 7) is 15.4. The van der Waals surface area contributed by atoms with Crippen LogP contribution in [0.2, 0.25) is 0 Å². The molecular formula is C18H24F3N3. The first-order valence-corrected chi connectivity index (χ1v) is 7.52. The number of nitrogens with two attached hydrogens (primary N) is 1. The quantitative estimate of drug-likeness (QED) is 0.686. The van der Waals surface area contributed by atoms with E-state index in [2.05, 4.69) is 25.1 Å². The molecule has 0 aromatic rings. The maximum atomic E-state index is 12.3. The van der Waals surface area contributed by atoms with Crippen LogP contribution in [-0.2, 0) is 0 Å². The SMILES string of the molecule is C=CC1=CC(C)=CN(/C(=C\C)C(=C)NCC(N)CC(F)(F)F)C1=C. The molecule has 0 aromatic heterocycles. The predicted molar refractivity (Wildman–Crippen MR) is 92.6 cm³/mol. The van der Waals surface area contributed by atoms with Gasteiger partial charge >= 0.3 is 6.18 Å². The van der Waals surface area contributed by atoms with Crippen LogP contribution in [0.3, 0.4) is 0 Å². The lowest BCUT2D eigenvalue weighted by atomic mass is 10.0. The molecule has 1 unspecified atom stereocenters. The minimum Gasteiger partial charge on any atom is -0.382 e. The lowest BCUT2D eigenvalue weighted by molar-refractivity contribution is -0.137. The van der Waals surface area contributed by atoms with Crippen LogP contribution >= 0.6 is 0 Å². The van der Waals surface area contributed by atoms with Crippen molar-refractivity contribution in [2.45, 2.75) is 32.5 Å². The van der Waals surface area contributed by atoms with Crippen LogP contribution in [-0.4, -0.2) is 23.7 Å². The molecule has 3 nitrogen and oxygen atoms in total. The van der Waals surface area contributed by atoms with Gasteiger partial charge in [0.25, 0.3) is 0 Å². The summed E-state index contributed by atoms with van der Waals surface area (Å²) in [5.74, 6) is 0. The maximum absolute atomic E-state index is 12.3. The zero-order chi connectivity index (χ0) is 18.5. The van der Waals surface area contributed by atoms with Crippen LogP contribution in [0.25, 0.3) is 0 Å². The van der Waals surface area contributed by atoms with Crippen molar-refractivity contribution in [2.24, 2.45) is 5.73 Å². The monoisotopic (exact) mass is 339 g/mol. The Bertz CT molecular complexity index is 609. The Kier molecular flexibility index (Phi) is 6.66. The van der Waals surface area contributed by atoms with Gasteiger partial charge in [0, 0.05) is 24.5 Å². The minimum absolute atomic E-state index is 0.0249. The predicted octanol–water partition coefficient (Wildman–Crippen LogP) is 4.12. The second kappa shape index (κ2) is 8.06. The normalized spacial score (nSPS) is 17.2. The summed E-state index contributed by atoms with van der Waals surface area (Å²) in [7, 11) is 0. The fourth-order valence-electron chi connectivity index (χ4n) is 2.35. The van der Waals surface area contributed by atoms with Crippen molar-refractivity contribution in [1.82, 2.24) is 10.2 Å². The van der Waals surface area contributed by atoms with E-state index in [1.54, 1.807) is 6.08 Å². The lowest BCUT2D eigenvalue weighted by Gasteiger charge is -2.31. The molecule has 1 aliphatic rings. The van der Waals surface area contributed by atoms with E-state index >= 15 is 0 Å². The van der Waals surface area contributed by atoms with Gasteiger partial charge in [-0.15, -0.1) is 0 Å². The van der Waals surface area contributed by atoms with Gasteiger partial charge in [-0.05, 0) is 31.1 Å². The Balaban J connectivity index is 2.80. The minimum atomic E-state index is -4.28. The molecule has 0 spiro atoms. The molecule has 0 saturated carbocycles. The van der Waals surface area contributed by atoms with Gasteiger partial charge in [0.05, 0.1) is 17.8 Å². The van der Waals surface area contributed by atoms with E-state index in [4.69, 9.17) is 5.73 Å². The zero-order valence-corrected chi connectivity index (χ0v) is 14.1. The highest BCUT2D eigenvalue weighted by Crippen LogP contribution is 2.29. The molecule has 1 aliphatic heterocycles. The topological polar surface area (TPSA) is 41.3 Å². The fourth-order valence-corrected chi connectivity index (χ4v) is 2.35. The molecule has 3 N–H and O–H groups in total. The standard InChI is InChI=1S/C18H24F3N3/c1-6-15-8-12(3)11-24(14(15)5)17(7-2)13(4)23-10-16(22)9-18(19,20)21/h6-8,11,16,23H,1,4-5,9-10,22H2,2-3H3/b17-7-. The summed E-state index contributed by atoms with van der Waals surface area (Å²) in [5.41, 5.74) is 9.27. The third-order valence-electron chi connectivity index (χ3n) is 3.47. The molecule has 0 saturated heterocycles. The van der Waals surface area contributed by atoms with Gasteiger partial charge in [0.1, 0.15) is 0 Å². The number of nitrogens with one attached hydrogen (secondary N) is 1. The number of allylic oxidation sites excluding steroid dienone is 4. The average molecular weight is 339 g/mol. The van der Waals surface area contributed by atoms with Crippen LogP contribution in [0.5, 0.6) is 0 Å². The molecule has 0 aliphatic carbocycles. The van der Waals surface area contributed by atoms with E-state index in [1.807, 2.05) is 37.1 Å². The van der Waals surface area contributed by atoms with Crippen molar-refractivity contribution in [2.75, 3.05) is 6.54 Å². The van der Waals surface area contributed by atoms with Crippen molar-refractivity contribution in [1.29, 1.82) is 0 Å². The maximum Gasteiger partial charge on any atom is 0.390 e. The number of hydrogen-bond acceptors (Lipinski definition) is 3. The first-order chi connectivity index (χ1) is 11.1. The molecule has 24 heavy (non-hydrogen) atoms. The van der Waals surface area contributed by atoms with Crippen LogP contribution in [0.15, 0.2) is 72.4 Å². The summed E-state index contributed by atoms with van der Waals surface area (Å²) >= 11 is 0. The molecule has 0 fully saturated rings. The van der Waals surface area contributed by atoms with E-state index in [9.17, 15) is 13.2 Å². The molecule has 0 bridgehead atoms. The second-order valence-corrected chi connectivity index (χ2v) is 5.61. The number of halogens is 3. The van der Waals surface area contributed by atoms with Crippen molar-refractivity contribution < 1.29 is 13.2 Å². The zero-order valence-electron chi connectivity index (χ0n) is 14.1. The Labute approximate surface area is 141 Å². The highest BCUT2D eigenvalue weighted by atomic mass is 19.4. The molecule has 0 amide bonds. The number of nitrogens with zero attached hydrogens (tertiary/aromatic N) is 1. The molecule has 1 atom stereocenters. The first-order valence-electron chi connectivity index (χ1n) is 7.52. The fraction of sp³-hybridized carbons (Fsp3) is 0.333. The van der Waals surface area contributed by atoms with Crippen LogP contribution < -0.4 is 11.1 Å². The van der Waals surface area contributed by atoms with Crippen LogP contribution in [0.1, 0.15) is 20.3 Å². The Morgan fingerprint density at radius 1 is 1.46 bits per heavy atom. The van der Waals surface area contributed by atoms with E-state index < -0.39 is 18.6 Å². The molecule has 0 radical (unpaired) electrons. The first kappa shape index (κ1) is 19.8. The summed E-state index contributed by atoms with van der Waals surface area (Å²) in [5, 5.41) is 2.88. The molecule has 1 heterocycles. The van der Waals surface area contributed by atoms with Crippen molar-refractivity contribution in [3.63, 3.8) is 0 Å². The molecule has 6 heteroatoms. The van der Waals surface area contributed by atoms with Gasteiger partial charge in [-0.2, -0.15) is 13.2 Å². The van der Waals surface area contributed by atoms with Crippen LogP contribution in [0.4, 0.5) is 13.2 Å². The summed E-state index contributed by atoms with van der Waals surface area (Å²) in [4.78, 5) is 1.83. The Morgan fingerprint density at radius 2 is 2.08 bits per heavy atom. The number of alkyl halides is 3. The summed E-state index contributed by atoms with van der Waals surface area (Å²) in [6.07, 6.45) is 2.02. The molecule has 1 rings (SSSR count). The van der Waals surface area contributed by atoms with Crippen molar-refractivity contribution >= 4 is 0 Å². The van der Waals surface area contributed by atoms with Gasteiger partial charge in [0.15, 0.2) is 0 Å². The van der Waals surface area contributed by atoms with E-state index in [-0.39, 0.29) is 6.54 Å². The third kappa shape index (κ3) is 5.45. The molecular weight excluding hydrogens is 315 g/mol. The smallest absolute Gasteiger partial charge is 0.382 e. The molecule has 132 valence electrons. The summed E-state index contributed by atoms with van der Waals surface area (Å²) in [6, 6.07) is -1.04. The average Bonchev–Trinajstić information content (AvgIpc) is 2.47. The van der Waals surface area contributed by atoms with Crippen LogP contribution in [0, 0.1) is 0 Å². The van der Waals surface area contributed by atoms with Gasteiger partial charge in [-0.1, -0.05) is 31.9 Å². The number of rotatable bonds is 7. The van der Waals surface area contributed by atoms with Gasteiger partial charge in [0.2, 0.25) is 0 Å². The van der Waals surface area contributed by atoms with E-state index in [0.29, 0.717) is 17.1 Å². The van der Waals surface area contributed by atoms with Crippen molar-refractivity contribution in [3.8, 4) is 0 Å². The largest absolute Gasteiger partial charge is 0.390 e. The van der Waals surface area contributed by atoms with E-state index in [0.717, 1.165) is 11.1 Å². The highest BCUT2D eigenvalue weighted by Gasteiger charge is 2.30. The molecule has 0 aromatic carbocycles. The number of hydrogen-bond donors (Lipinski definition) is 2. The third-order valence-corrected chi connectivity index (χ3v) is 3.47. The highest BCUT2D eigenvalue weighted by molar-refractivity contribution is 5.49. The summed E-state index contributed by atoms with van der Waals surface area (Å²) < 4.78 is 37.0. The lowest BCUT2D eigenvalue weighted by Crippen LogP contribution is -2.38. The van der Waals surface area contributed by atoms with E-state index in [1.165, 1.54) is 0 Å². The second-order valence-electron chi connectivity index (χ2n) is 5.61. The van der Waals surface area contributed by atoms with Gasteiger partial charge in [-0.3, -0.25) is 0 Å². The van der Waals surface area contributed by atoms with Gasteiger partial charge < -0.3 is 16.0 Å². The van der Waals surface area contributed by atoms with Gasteiger partial charge in [-0.25, -0.2) is 0 Å². The Hall–Kier alpha value is -2.21. The van der Waals surface area contributed by atoms with Crippen molar-refractivity contribution in [3.05, 3.63) is 72.4 Å². The Morgan fingerprint density at radius 3 is 2.58 bits per heavy atom.